The third-order valence-electron chi connectivity index (χ3n) is 3.97. The van der Waals surface area contributed by atoms with Gasteiger partial charge in [-0.05, 0) is 26.3 Å². The number of amides is 1. The zero-order valence-corrected chi connectivity index (χ0v) is 16.3. The Morgan fingerprint density at radius 2 is 2.19 bits per heavy atom. The molecule has 140 valence electrons. The molecule has 2 aromatic heterocycles. The topological polar surface area (TPSA) is 73.2 Å². The first-order valence-electron chi connectivity index (χ1n) is 8.75. The summed E-state index contributed by atoms with van der Waals surface area (Å²) in [4.78, 5) is 28.7. The Labute approximate surface area is 157 Å². The maximum absolute atomic E-state index is 12.4. The molecule has 0 radical (unpaired) electrons. The molecule has 1 N–H and O–H groups in total. The molecule has 26 heavy (non-hydrogen) atoms. The predicted octanol–water partition coefficient (Wildman–Crippen LogP) is 3.81. The van der Waals surface area contributed by atoms with Crippen LogP contribution in [0.25, 0.3) is 11.4 Å². The Kier molecular flexibility index (Phi) is 7.15. The van der Waals surface area contributed by atoms with Crippen LogP contribution in [0.15, 0.2) is 24.1 Å². The van der Waals surface area contributed by atoms with Crippen molar-refractivity contribution in [3.05, 3.63) is 40.4 Å². The molecule has 0 unspecified atom stereocenters. The van der Waals surface area contributed by atoms with Gasteiger partial charge in [0.25, 0.3) is 5.91 Å². The first-order valence-corrected chi connectivity index (χ1v) is 9.63. The zero-order chi connectivity index (χ0) is 19.1. The molecule has 0 fully saturated rings. The second-order valence-electron chi connectivity index (χ2n) is 5.79. The van der Waals surface area contributed by atoms with E-state index in [0.717, 1.165) is 30.8 Å². The van der Waals surface area contributed by atoms with E-state index in [1.807, 2.05) is 18.4 Å². The third kappa shape index (κ3) is 4.40. The average Bonchev–Trinajstić information content (AvgIpc) is 3.23. The largest absolute Gasteiger partial charge is 0.461 e. The van der Waals surface area contributed by atoms with Gasteiger partial charge >= 0.3 is 5.97 Å². The Bertz CT molecular complexity index is 792. The van der Waals surface area contributed by atoms with E-state index in [1.165, 1.54) is 11.3 Å². The number of esters is 1. The van der Waals surface area contributed by atoms with Crippen LogP contribution in [0.2, 0.25) is 0 Å². The second-order valence-corrected chi connectivity index (χ2v) is 6.65. The van der Waals surface area contributed by atoms with Crippen molar-refractivity contribution in [1.29, 1.82) is 0 Å². The Balaban J connectivity index is 2.41. The Hall–Kier alpha value is -2.41. The highest BCUT2D eigenvalue weighted by atomic mass is 32.1. The molecule has 0 aliphatic rings. The van der Waals surface area contributed by atoms with E-state index in [4.69, 9.17) is 4.74 Å². The molecule has 2 rings (SSSR count). The van der Waals surface area contributed by atoms with Gasteiger partial charge in [0.15, 0.2) is 0 Å². The van der Waals surface area contributed by atoms with Gasteiger partial charge in [-0.1, -0.05) is 19.4 Å². The lowest BCUT2D eigenvalue weighted by Gasteiger charge is -2.10. The summed E-state index contributed by atoms with van der Waals surface area (Å²) in [6, 6.07) is 1.84. The van der Waals surface area contributed by atoms with Crippen LogP contribution < -0.4 is 5.32 Å². The van der Waals surface area contributed by atoms with Crippen LogP contribution in [0.3, 0.4) is 0 Å². The lowest BCUT2D eigenvalue weighted by Crippen LogP contribution is -2.23. The number of nitrogens with zero attached hydrogens (tertiary/aromatic N) is 2. The number of hydrogen-bond donors (Lipinski definition) is 1. The summed E-state index contributed by atoms with van der Waals surface area (Å²) in [5, 5.41) is 4.96. The Morgan fingerprint density at radius 3 is 2.85 bits per heavy atom. The predicted molar refractivity (Wildman–Crippen MR) is 104 cm³/mol. The maximum Gasteiger partial charge on any atom is 0.367 e. The molecule has 0 bridgehead atoms. The molecule has 0 atom stereocenters. The van der Waals surface area contributed by atoms with E-state index >= 15 is 0 Å². The SMILES string of the molecule is C=CCNC(=O)c1cc(-c2csc(C(=O)OCC)n2)n(CCCC)c1C. The highest BCUT2D eigenvalue weighted by Gasteiger charge is 2.21. The minimum absolute atomic E-state index is 0.139. The number of unbranched alkanes of at least 4 members (excludes halogenated alkanes) is 1. The molecule has 7 heteroatoms. The highest BCUT2D eigenvalue weighted by Crippen LogP contribution is 2.28. The molecule has 0 aromatic carbocycles. The van der Waals surface area contributed by atoms with Gasteiger partial charge in [-0.25, -0.2) is 9.78 Å². The smallest absolute Gasteiger partial charge is 0.367 e. The third-order valence-corrected chi connectivity index (χ3v) is 4.79. The van der Waals surface area contributed by atoms with Crippen LogP contribution in [0, 0.1) is 6.92 Å². The number of ether oxygens (including phenoxy) is 1. The molecule has 1 amide bonds. The van der Waals surface area contributed by atoms with Gasteiger partial charge in [0.05, 0.1) is 23.6 Å². The number of thiazole rings is 1. The summed E-state index contributed by atoms with van der Waals surface area (Å²) in [5.74, 6) is -0.559. The first kappa shape index (κ1) is 19.9. The van der Waals surface area contributed by atoms with Crippen molar-refractivity contribution in [2.75, 3.05) is 13.2 Å². The summed E-state index contributed by atoms with van der Waals surface area (Å²) in [5.41, 5.74) is 3.02. The molecular formula is C19H25N3O3S. The van der Waals surface area contributed by atoms with Crippen molar-refractivity contribution in [3.8, 4) is 11.4 Å². The molecule has 0 saturated heterocycles. The van der Waals surface area contributed by atoms with Crippen molar-refractivity contribution in [3.63, 3.8) is 0 Å². The number of carbonyl (C=O) groups excluding carboxylic acids is 2. The number of aromatic nitrogens is 2. The minimum Gasteiger partial charge on any atom is -0.461 e. The number of rotatable bonds is 9. The highest BCUT2D eigenvalue weighted by molar-refractivity contribution is 7.11. The number of carbonyl (C=O) groups is 2. The van der Waals surface area contributed by atoms with Gasteiger partial charge in [-0.3, -0.25) is 4.79 Å². The van der Waals surface area contributed by atoms with E-state index in [2.05, 4.69) is 28.4 Å². The fourth-order valence-corrected chi connectivity index (χ4v) is 3.33. The molecule has 0 spiro atoms. The summed E-state index contributed by atoms with van der Waals surface area (Å²) in [6.45, 7) is 11.0. The monoisotopic (exact) mass is 375 g/mol. The van der Waals surface area contributed by atoms with Crippen molar-refractivity contribution in [2.24, 2.45) is 0 Å². The van der Waals surface area contributed by atoms with E-state index in [9.17, 15) is 9.59 Å². The quantitative estimate of drug-likeness (QED) is 0.534. The van der Waals surface area contributed by atoms with Gasteiger partial charge in [0, 0.05) is 24.2 Å². The molecule has 0 aliphatic heterocycles. The average molecular weight is 375 g/mol. The van der Waals surface area contributed by atoms with Crippen LogP contribution >= 0.6 is 11.3 Å². The first-order chi connectivity index (χ1) is 12.5. The van der Waals surface area contributed by atoms with E-state index < -0.39 is 5.97 Å². The molecule has 2 aromatic rings. The molecule has 0 aliphatic carbocycles. The zero-order valence-electron chi connectivity index (χ0n) is 15.5. The normalized spacial score (nSPS) is 10.6. The second kappa shape index (κ2) is 9.33. The lowest BCUT2D eigenvalue weighted by molar-refractivity contribution is 0.0526. The fraction of sp³-hybridized carbons (Fsp3) is 0.421. The summed E-state index contributed by atoms with van der Waals surface area (Å²) in [7, 11) is 0. The summed E-state index contributed by atoms with van der Waals surface area (Å²) in [6.07, 6.45) is 3.68. The van der Waals surface area contributed by atoms with Gasteiger partial charge in [0.2, 0.25) is 5.01 Å². The standard InChI is InChI=1S/C19H25N3O3S/c1-5-8-10-22-13(4)14(17(23)20-9-6-2)11-16(22)15-12-26-18(21-15)19(24)25-7-3/h6,11-12H,2,5,7-10H2,1,3-4H3,(H,20,23). The fourth-order valence-electron chi connectivity index (χ4n) is 2.63. The molecular weight excluding hydrogens is 350 g/mol. The van der Waals surface area contributed by atoms with E-state index in [1.54, 1.807) is 13.0 Å². The minimum atomic E-state index is -0.420. The van der Waals surface area contributed by atoms with Crippen molar-refractivity contribution >= 4 is 23.2 Å². The number of nitrogens with one attached hydrogen (secondary N) is 1. The van der Waals surface area contributed by atoms with Gasteiger partial charge < -0.3 is 14.6 Å². The van der Waals surface area contributed by atoms with Crippen molar-refractivity contribution < 1.29 is 14.3 Å². The van der Waals surface area contributed by atoms with Gasteiger partial charge in [0.1, 0.15) is 0 Å². The van der Waals surface area contributed by atoms with E-state index in [0.29, 0.717) is 29.4 Å². The van der Waals surface area contributed by atoms with Crippen molar-refractivity contribution in [1.82, 2.24) is 14.9 Å². The van der Waals surface area contributed by atoms with Crippen molar-refractivity contribution in [2.45, 2.75) is 40.2 Å². The molecule has 0 saturated carbocycles. The molecule has 2 heterocycles. The number of hydrogen-bond acceptors (Lipinski definition) is 5. The van der Waals surface area contributed by atoms with Crippen LogP contribution in [0.5, 0.6) is 0 Å². The molecule has 6 nitrogen and oxygen atoms in total. The van der Waals surface area contributed by atoms with E-state index in [-0.39, 0.29) is 5.91 Å². The Morgan fingerprint density at radius 1 is 1.42 bits per heavy atom. The summed E-state index contributed by atoms with van der Waals surface area (Å²) >= 11 is 1.25. The van der Waals surface area contributed by atoms with Gasteiger partial charge in [-0.15, -0.1) is 17.9 Å². The van der Waals surface area contributed by atoms with Crippen LogP contribution in [0.4, 0.5) is 0 Å². The van der Waals surface area contributed by atoms with Crippen LogP contribution in [-0.4, -0.2) is 34.6 Å². The lowest BCUT2D eigenvalue weighted by atomic mass is 10.2. The van der Waals surface area contributed by atoms with Gasteiger partial charge in [-0.2, -0.15) is 0 Å². The summed E-state index contributed by atoms with van der Waals surface area (Å²) < 4.78 is 7.11. The van der Waals surface area contributed by atoms with Crippen LogP contribution in [0.1, 0.15) is 52.5 Å². The maximum atomic E-state index is 12.4. The van der Waals surface area contributed by atoms with Crippen LogP contribution in [-0.2, 0) is 11.3 Å².